The first kappa shape index (κ1) is 11.1. The minimum absolute atomic E-state index is 0.315. The Balaban J connectivity index is 3.31. The van der Waals surface area contributed by atoms with Crippen molar-refractivity contribution in [2.45, 2.75) is 6.92 Å². The van der Waals surface area contributed by atoms with Gasteiger partial charge in [-0.25, -0.2) is 9.65 Å². The van der Waals surface area contributed by atoms with Crippen LogP contribution in [0.15, 0.2) is 0 Å². The topological polar surface area (TPSA) is 67.8 Å². The Morgan fingerprint density at radius 1 is 1.64 bits per heavy atom. The second-order valence-corrected chi connectivity index (χ2v) is 3.53. The van der Waals surface area contributed by atoms with Crippen molar-refractivity contribution in [2.75, 3.05) is 26.9 Å². The SMILES string of the molecule is CCOCCNP(=O)(O)OC. The zero-order chi connectivity index (χ0) is 8.74. The van der Waals surface area contributed by atoms with Gasteiger partial charge in [-0.1, -0.05) is 0 Å². The molecule has 68 valence electrons. The fourth-order valence-corrected chi connectivity index (χ4v) is 0.971. The summed E-state index contributed by atoms with van der Waals surface area (Å²) in [5, 5.41) is 2.31. The molecule has 0 aromatic carbocycles. The Hall–Kier alpha value is 0.0700. The van der Waals surface area contributed by atoms with Crippen LogP contribution in [0.5, 0.6) is 0 Å². The summed E-state index contributed by atoms with van der Waals surface area (Å²) in [6.07, 6.45) is 0. The van der Waals surface area contributed by atoms with E-state index in [9.17, 15) is 4.57 Å². The highest BCUT2D eigenvalue weighted by Gasteiger charge is 2.14. The molecule has 0 amide bonds. The maximum Gasteiger partial charge on any atom is 0.402 e. The van der Waals surface area contributed by atoms with Crippen LogP contribution in [0.1, 0.15) is 6.92 Å². The van der Waals surface area contributed by atoms with Gasteiger partial charge in [0.15, 0.2) is 0 Å². The largest absolute Gasteiger partial charge is 0.402 e. The number of ether oxygens (including phenoxy) is 1. The second kappa shape index (κ2) is 5.69. The van der Waals surface area contributed by atoms with E-state index in [2.05, 4.69) is 9.61 Å². The molecule has 0 fully saturated rings. The molecule has 2 N–H and O–H groups in total. The van der Waals surface area contributed by atoms with Gasteiger partial charge in [0, 0.05) is 20.3 Å². The van der Waals surface area contributed by atoms with E-state index in [1.165, 1.54) is 7.11 Å². The van der Waals surface area contributed by atoms with Crippen molar-refractivity contribution in [3.8, 4) is 0 Å². The van der Waals surface area contributed by atoms with Gasteiger partial charge in [-0.2, -0.15) is 0 Å². The van der Waals surface area contributed by atoms with Gasteiger partial charge in [0.1, 0.15) is 0 Å². The van der Waals surface area contributed by atoms with Crippen LogP contribution in [0.2, 0.25) is 0 Å². The summed E-state index contributed by atoms with van der Waals surface area (Å²) in [4.78, 5) is 8.79. The van der Waals surface area contributed by atoms with Crippen LogP contribution >= 0.6 is 7.75 Å². The summed E-state index contributed by atoms with van der Waals surface area (Å²) in [5.41, 5.74) is 0. The predicted molar refractivity (Wildman–Crippen MR) is 41.3 cm³/mol. The van der Waals surface area contributed by atoms with E-state index < -0.39 is 7.75 Å². The molecule has 0 aliphatic carbocycles. The van der Waals surface area contributed by atoms with E-state index in [1.807, 2.05) is 6.92 Å². The molecule has 1 unspecified atom stereocenters. The van der Waals surface area contributed by atoms with Gasteiger partial charge >= 0.3 is 7.75 Å². The molecule has 6 heteroatoms. The molecule has 0 rings (SSSR count). The average molecular weight is 183 g/mol. The normalized spacial score (nSPS) is 16.3. The molecule has 0 heterocycles. The monoisotopic (exact) mass is 183 g/mol. The number of rotatable bonds is 6. The van der Waals surface area contributed by atoms with Crippen molar-refractivity contribution in [1.29, 1.82) is 0 Å². The highest BCUT2D eigenvalue weighted by Crippen LogP contribution is 2.34. The van der Waals surface area contributed by atoms with Crippen LogP contribution in [0.25, 0.3) is 0 Å². The quantitative estimate of drug-likeness (QED) is 0.459. The standard InChI is InChI=1S/C5H14NO4P/c1-3-10-5-4-6-11(7,8)9-2/h3-5H2,1-2H3,(H2,6,7,8). The van der Waals surface area contributed by atoms with Crippen LogP contribution in [0.4, 0.5) is 0 Å². The van der Waals surface area contributed by atoms with Crippen LogP contribution in [0.3, 0.4) is 0 Å². The Kier molecular flexibility index (Phi) is 5.72. The van der Waals surface area contributed by atoms with Crippen molar-refractivity contribution in [2.24, 2.45) is 0 Å². The summed E-state index contributed by atoms with van der Waals surface area (Å²) in [6, 6.07) is 0. The molecule has 11 heavy (non-hydrogen) atoms. The van der Waals surface area contributed by atoms with Crippen molar-refractivity contribution in [3.05, 3.63) is 0 Å². The Morgan fingerprint density at radius 3 is 2.73 bits per heavy atom. The third-order valence-corrected chi connectivity index (χ3v) is 2.13. The highest BCUT2D eigenvalue weighted by atomic mass is 31.2. The summed E-state index contributed by atoms with van der Waals surface area (Å²) in [7, 11) is -2.37. The first-order chi connectivity index (χ1) is 5.12. The van der Waals surface area contributed by atoms with Gasteiger partial charge in [0.05, 0.1) is 6.61 Å². The third kappa shape index (κ3) is 6.47. The summed E-state index contributed by atoms with van der Waals surface area (Å²) in [6.45, 7) is 3.18. The first-order valence-corrected chi connectivity index (χ1v) is 4.91. The maximum atomic E-state index is 10.7. The fourth-order valence-electron chi connectivity index (χ4n) is 0.468. The van der Waals surface area contributed by atoms with E-state index in [0.29, 0.717) is 19.8 Å². The molecule has 0 aliphatic heterocycles. The lowest BCUT2D eigenvalue weighted by Crippen LogP contribution is -2.17. The second-order valence-electron chi connectivity index (χ2n) is 1.81. The Bertz CT molecular complexity index is 140. The van der Waals surface area contributed by atoms with Crippen LogP contribution in [-0.4, -0.2) is 31.8 Å². The minimum Gasteiger partial charge on any atom is -0.380 e. The number of hydrogen-bond donors (Lipinski definition) is 2. The molecule has 5 nitrogen and oxygen atoms in total. The van der Waals surface area contributed by atoms with E-state index in [4.69, 9.17) is 9.63 Å². The van der Waals surface area contributed by atoms with Crippen molar-refractivity contribution >= 4 is 7.75 Å². The Labute approximate surface area is 66.3 Å². The Morgan fingerprint density at radius 2 is 2.27 bits per heavy atom. The molecule has 1 atom stereocenters. The van der Waals surface area contributed by atoms with E-state index in [-0.39, 0.29) is 0 Å². The fraction of sp³-hybridized carbons (Fsp3) is 1.00. The molecular weight excluding hydrogens is 169 g/mol. The van der Waals surface area contributed by atoms with Crippen molar-refractivity contribution in [3.63, 3.8) is 0 Å². The summed E-state index contributed by atoms with van der Waals surface area (Å²) >= 11 is 0. The van der Waals surface area contributed by atoms with Gasteiger partial charge in [0.2, 0.25) is 0 Å². The molecule has 0 aromatic heterocycles. The van der Waals surface area contributed by atoms with Gasteiger partial charge in [0.25, 0.3) is 0 Å². The van der Waals surface area contributed by atoms with E-state index in [1.54, 1.807) is 0 Å². The lowest BCUT2D eigenvalue weighted by Gasteiger charge is -2.09. The lowest BCUT2D eigenvalue weighted by molar-refractivity contribution is 0.150. The molecule has 0 radical (unpaired) electrons. The summed E-state index contributed by atoms with van der Waals surface area (Å²) < 4.78 is 19.9. The van der Waals surface area contributed by atoms with Crippen LogP contribution in [0, 0.1) is 0 Å². The van der Waals surface area contributed by atoms with Crippen LogP contribution < -0.4 is 5.09 Å². The zero-order valence-corrected chi connectivity index (χ0v) is 7.63. The van der Waals surface area contributed by atoms with Crippen LogP contribution in [-0.2, 0) is 13.8 Å². The van der Waals surface area contributed by atoms with Gasteiger partial charge in [-0.3, -0.25) is 0 Å². The molecule has 0 saturated heterocycles. The molecular formula is C5H14NO4P. The molecule has 0 aromatic rings. The highest BCUT2D eigenvalue weighted by molar-refractivity contribution is 7.50. The zero-order valence-electron chi connectivity index (χ0n) is 6.74. The molecule has 0 bridgehead atoms. The predicted octanol–water partition coefficient (Wildman–Crippen LogP) is 0.359. The minimum atomic E-state index is -3.54. The lowest BCUT2D eigenvalue weighted by atomic mass is 10.7. The summed E-state index contributed by atoms with van der Waals surface area (Å²) in [5.74, 6) is 0. The van der Waals surface area contributed by atoms with Gasteiger partial charge < -0.3 is 14.2 Å². The third-order valence-electron chi connectivity index (χ3n) is 1.01. The van der Waals surface area contributed by atoms with E-state index in [0.717, 1.165) is 0 Å². The number of hydrogen-bond acceptors (Lipinski definition) is 3. The maximum absolute atomic E-state index is 10.7. The number of nitrogens with one attached hydrogen (secondary N) is 1. The molecule has 0 saturated carbocycles. The van der Waals surface area contributed by atoms with Crippen molar-refractivity contribution in [1.82, 2.24) is 5.09 Å². The molecule has 0 spiro atoms. The van der Waals surface area contributed by atoms with E-state index >= 15 is 0 Å². The smallest absolute Gasteiger partial charge is 0.380 e. The molecule has 0 aliphatic rings. The van der Waals surface area contributed by atoms with Gasteiger partial charge in [-0.05, 0) is 6.92 Å². The van der Waals surface area contributed by atoms with Crippen molar-refractivity contribution < 1.29 is 18.7 Å². The average Bonchev–Trinajstić information content (AvgIpc) is 1.99. The first-order valence-electron chi connectivity index (χ1n) is 3.34. The van der Waals surface area contributed by atoms with Gasteiger partial charge in [-0.15, -0.1) is 0 Å².